The third-order valence-corrected chi connectivity index (χ3v) is 3.25. The molecule has 1 saturated heterocycles. The fourth-order valence-corrected chi connectivity index (χ4v) is 2.07. The first-order valence-electron chi connectivity index (χ1n) is 6.41. The number of nitrogens with zero attached hydrogens (tertiary/aromatic N) is 2. The number of piperazine rings is 1. The standard InChI is InChI=1S/C14H21N3O/c1-10-13(18)17(8-7-15-10)11-5-6-12(16-9-11)14(2,3)4/h5-6,9-10,15H,7-8H2,1-4H3. The molecule has 0 saturated carbocycles. The number of carbonyl (C=O) groups excluding carboxylic acids is 1. The number of nitrogens with one attached hydrogen (secondary N) is 1. The predicted octanol–water partition coefficient (Wildman–Crippen LogP) is 1.70. The second kappa shape index (κ2) is 4.69. The molecule has 1 N–H and O–H groups in total. The van der Waals surface area contributed by atoms with Crippen LogP contribution in [0, 0.1) is 0 Å². The van der Waals surface area contributed by atoms with Crippen LogP contribution in [0.5, 0.6) is 0 Å². The van der Waals surface area contributed by atoms with Crippen molar-refractivity contribution in [3.63, 3.8) is 0 Å². The molecule has 4 heteroatoms. The molecule has 98 valence electrons. The molecule has 1 fully saturated rings. The number of amides is 1. The van der Waals surface area contributed by atoms with Gasteiger partial charge in [-0.25, -0.2) is 0 Å². The minimum Gasteiger partial charge on any atom is -0.308 e. The van der Waals surface area contributed by atoms with Crippen molar-refractivity contribution in [3.8, 4) is 0 Å². The van der Waals surface area contributed by atoms with E-state index in [1.165, 1.54) is 0 Å². The summed E-state index contributed by atoms with van der Waals surface area (Å²) >= 11 is 0. The van der Waals surface area contributed by atoms with Crippen LogP contribution in [0.2, 0.25) is 0 Å². The number of hydrogen-bond acceptors (Lipinski definition) is 3. The van der Waals surface area contributed by atoms with Gasteiger partial charge >= 0.3 is 0 Å². The smallest absolute Gasteiger partial charge is 0.243 e. The molecule has 0 radical (unpaired) electrons. The molecular weight excluding hydrogens is 226 g/mol. The van der Waals surface area contributed by atoms with Crippen molar-refractivity contribution in [1.82, 2.24) is 10.3 Å². The van der Waals surface area contributed by atoms with E-state index in [4.69, 9.17) is 0 Å². The third-order valence-electron chi connectivity index (χ3n) is 3.25. The zero-order valence-corrected chi connectivity index (χ0v) is 11.5. The maximum absolute atomic E-state index is 12.0. The maximum atomic E-state index is 12.0. The number of pyridine rings is 1. The molecule has 1 aliphatic rings. The molecule has 1 unspecified atom stereocenters. The van der Waals surface area contributed by atoms with Gasteiger partial charge in [-0.3, -0.25) is 9.78 Å². The van der Waals surface area contributed by atoms with Crippen LogP contribution in [-0.2, 0) is 10.2 Å². The minimum atomic E-state index is -0.110. The summed E-state index contributed by atoms with van der Waals surface area (Å²) in [4.78, 5) is 18.3. The van der Waals surface area contributed by atoms with E-state index in [1.807, 2.05) is 19.1 Å². The molecule has 0 spiro atoms. The molecule has 1 atom stereocenters. The average molecular weight is 247 g/mol. The monoisotopic (exact) mass is 247 g/mol. The molecule has 1 aliphatic heterocycles. The number of rotatable bonds is 1. The van der Waals surface area contributed by atoms with E-state index in [-0.39, 0.29) is 17.4 Å². The second-order valence-electron chi connectivity index (χ2n) is 5.82. The topological polar surface area (TPSA) is 45.2 Å². The van der Waals surface area contributed by atoms with Crippen LogP contribution in [0.15, 0.2) is 18.3 Å². The van der Waals surface area contributed by atoms with E-state index >= 15 is 0 Å². The van der Waals surface area contributed by atoms with Crippen LogP contribution in [0.4, 0.5) is 5.69 Å². The van der Waals surface area contributed by atoms with Crippen molar-refractivity contribution in [2.45, 2.75) is 39.2 Å². The van der Waals surface area contributed by atoms with Crippen LogP contribution in [0.25, 0.3) is 0 Å². The quantitative estimate of drug-likeness (QED) is 0.821. The Balaban J connectivity index is 2.22. The molecule has 2 rings (SSSR count). The van der Waals surface area contributed by atoms with Crippen LogP contribution >= 0.6 is 0 Å². The summed E-state index contributed by atoms with van der Waals surface area (Å²) in [6.45, 7) is 9.83. The lowest BCUT2D eigenvalue weighted by Gasteiger charge is -2.31. The largest absolute Gasteiger partial charge is 0.308 e. The second-order valence-corrected chi connectivity index (χ2v) is 5.82. The van der Waals surface area contributed by atoms with Gasteiger partial charge in [0.1, 0.15) is 0 Å². The molecule has 0 aromatic carbocycles. The molecule has 1 aromatic rings. The molecule has 4 nitrogen and oxygen atoms in total. The Kier molecular flexibility index (Phi) is 3.39. The normalized spacial score (nSPS) is 21.2. The van der Waals surface area contributed by atoms with Gasteiger partial charge in [0.2, 0.25) is 5.91 Å². The Labute approximate surface area is 108 Å². The summed E-state index contributed by atoms with van der Waals surface area (Å²) in [5.74, 6) is 0.117. The molecule has 1 amide bonds. The van der Waals surface area contributed by atoms with Crippen LogP contribution in [-0.4, -0.2) is 30.0 Å². The Morgan fingerprint density at radius 3 is 2.67 bits per heavy atom. The Bertz CT molecular complexity index is 433. The van der Waals surface area contributed by atoms with E-state index in [2.05, 4.69) is 31.1 Å². The highest BCUT2D eigenvalue weighted by molar-refractivity contribution is 5.97. The number of hydrogen-bond donors (Lipinski definition) is 1. The Hall–Kier alpha value is -1.42. The number of anilines is 1. The first-order valence-corrected chi connectivity index (χ1v) is 6.41. The Morgan fingerprint density at radius 1 is 1.39 bits per heavy atom. The van der Waals surface area contributed by atoms with Gasteiger partial charge in [0.25, 0.3) is 0 Å². The van der Waals surface area contributed by atoms with Crippen molar-refractivity contribution in [2.75, 3.05) is 18.0 Å². The molecule has 1 aromatic heterocycles. The van der Waals surface area contributed by atoms with Gasteiger partial charge in [0.05, 0.1) is 17.9 Å². The Morgan fingerprint density at radius 2 is 2.11 bits per heavy atom. The highest BCUT2D eigenvalue weighted by Gasteiger charge is 2.26. The number of carbonyl (C=O) groups is 1. The molecule has 2 heterocycles. The third kappa shape index (κ3) is 2.53. The highest BCUT2D eigenvalue weighted by Crippen LogP contribution is 2.23. The van der Waals surface area contributed by atoms with Gasteiger partial charge < -0.3 is 10.2 Å². The minimum absolute atomic E-state index is 0.0410. The van der Waals surface area contributed by atoms with Crippen LogP contribution in [0.1, 0.15) is 33.4 Å². The van der Waals surface area contributed by atoms with E-state index in [9.17, 15) is 4.79 Å². The molecule has 0 bridgehead atoms. The van der Waals surface area contributed by atoms with E-state index < -0.39 is 0 Å². The summed E-state index contributed by atoms with van der Waals surface area (Å²) in [7, 11) is 0. The fourth-order valence-electron chi connectivity index (χ4n) is 2.07. The highest BCUT2D eigenvalue weighted by atomic mass is 16.2. The van der Waals surface area contributed by atoms with Crippen molar-refractivity contribution in [2.24, 2.45) is 0 Å². The van der Waals surface area contributed by atoms with E-state index in [0.29, 0.717) is 6.54 Å². The van der Waals surface area contributed by atoms with Gasteiger partial charge in [-0.1, -0.05) is 20.8 Å². The summed E-state index contributed by atoms with van der Waals surface area (Å²) in [6, 6.07) is 3.89. The van der Waals surface area contributed by atoms with Crippen molar-refractivity contribution in [1.29, 1.82) is 0 Å². The average Bonchev–Trinajstić information content (AvgIpc) is 2.32. The number of aromatic nitrogens is 1. The summed E-state index contributed by atoms with van der Waals surface area (Å²) < 4.78 is 0. The fraction of sp³-hybridized carbons (Fsp3) is 0.571. The van der Waals surface area contributed by atoms with Crippen molar-refractivity contribution < 1.29 is 4.79 Å². The lowest BCUT2D eigenvalue weighted by Crippen LogP contribution is -2.53. The summed E-state index contributed by atoms with van der Waals surface area (Å²) in [6.07, 6.45) is 1.80. The SMILES string of the molecule is CC1NCCN(c2ccc(C(C)(C)C)nc2)C1=O. The molecule has 18 heavy (non-hydrogen) atoms. The van der Waals surface area contributed by atoms with Gasteiger partial charge in [-0.15, -0.1) is 0 Å². The van der Waals surface area contributed by atoms with Gasteiger partial charge in [-0.05, 0) is 19.1 Å². The zero-order chi connectivity index (χ0) is 13.3. The predicted molar refractivity (Wildman–Crippen MR) is 72.8 cm³/mol. The summed E-state index contributed by atoms with van der Waals surface area (Å²) in [5, 5.41) is 3.16. The van der Waals surface area contributed by atoms with Crippen LogP contribution in [0.3, 0.4) is 0 Å². The lowest BCUT2D eigenvalue weighted by molar-refractivity contribution is -0.121. The van der Waals surface area contributed by atoms with Gasteiger partial charge in [-0.2, -0.15) is 0 Å². The maximum Gasteiger partial charge on any atom is 0.243 e. The van der Waals surface area contributed by atoms with Crippen molar-refractivity contribution in [3.05, 3.63) is 24.0 Å². The van der Waals surface area contributed by atoms with Crippen LogP contribution < -0.4 is 10.2 Å². The van der Waals surface area contributed by atoms with E-state index in [1.54, 1.807) is 11.1 Å². The first kappa shape index (κ1) is 13.0. The van der Waals surface area contributed by atoms with Gasteiger partial charge in [0, 0.05) is 24.2 Å². The first-order chi connectivity index (χ1) is 8.39. The molecule has 0 aliphatic carbocycles. The lowest BCUT2D eigenvalue weighted by atomic mass is 9.92. The van der Waals surface area contributed by atoms with E-state index in [0.717, 1.165) is 17.9 Å². The summed E-state index contributed by atoms with van der Waals surface area (Å²) in [5.41, 5.74) is 1.97. The van der Waals surface area contributed by atoms with Gasteiger partial charge in [0.15, 0.2) is 0 Å². The molecular formula is C14H21N3O. The zero-order valence-electron chi connectivity index (χ0n) is 11.5. The van der Waals surface area contributed by atoms with Crippen molar-refractivity contribution >= 4 is 11.6 Å².